The Kier molecular flexibility index (Phi) is 17.4. The van der Waals surface area contributed by atoms with Crippen molar-refractivity contribution in [3.8, 4) is 21.9 Å². The summed E-state index contributed by atoms with van der Waals surface area (Å²) < 4.78 is 36.5. The molecule has 2 aromatic heterocycles. The standard InChI is InChI=1S/C44H52Cl2F2N6O7S/c1-26-38(62-25-51-26)28-14-12-27(13-15-28)21-50-41(58)33-20-30(55)24-54(33)42(59)39(44(2,3)4)52-36(56)11-9-7-5-6-8-10-18-60-35-19-29(16-17-34(35)61-43(47)48)40(57)53-37-31(45)22-49-23-32(37)46/h12-17,19,22-23,25,30,33,39,43,55H,5-11,18,20-21,24H2,1-4H3,(H,50,58)(H,52,56)(H,49,53,57). The van der Waals surface area contributed by atoms with E-state index < -0.39 is 42.0 Å². The molecule has 0 radical (unpaired) electrons. The number of aliphatic hydroxyl groups is 1. The van der Waals surface area contributed by atoms with E-state index in [2.05, 4.69) is 30.7 Å². The van der Waals surface area contributed by atoms with Crippen LogP contribution in [0.3, 0.4) is 0 Å². The van der Waals surface area contributed by atoms with E-state index in [4.69, 9.17) is 27.9 Å². The van der Waals surface area contributed by atoms with E-state index in [9.17, 15) is 33.1 Å². The Labute approximate surface area is 373 Å². The van der Waals surface area contributed by atoms with Gasteiger partial charge in [-0.25, -0.2) is 4.98 Å². The molecule has 18 heteroatoms. The summed E-state index contributed by atoms with van der Waals surface area (Å²) in [6, 6.07) is 9.87. The number of benzene rings is 2. The summed E-state index contributed by atoms with van der Waals surface area (Å²) >= 11 is 13.8. The number of halogens is 4. The van der Waals surface area contributed by atoms with Gasteiger partial charge in [-0.3, -0.25) is 24.2 Å². The Morgan fingerprint density at radius 3 is 2.29 bits per heavy atom. The summed E-state index contributed by atoms with van der Waals surface area (Å²) in [4.78, 5) is 64.0. The number of nitrogens with one attached hydrogen (secondary N) is 3. The molecule has 4 amide bonds. The lowest BCUT2D eigenvalue weighted by molar-refractivity contribution is -0.144. The highest BCUT2D eigenvalue weighted by Crippen LogP contribution is 2.33. The molecule has 2 aromatic carbocycles. The molecule has 3 heterocycles. The number of hydrogen-bond acceptors (Lipinski definition) is 10. The zero-order chi connectivity index (χ0) is 45.0. The number of rotatable bonds is 20. The zero-order valence-corrected chi connectivity index (χ0v) is 37.3. The largest absolute Gasteiger partial charge is 0.490 e. The van der Waals surface area contributed by atoms with Gasteiger partial charge < -0.3 is 35.4 Å². The van der Waals surface area contributed by atoms with Crippen molar-refractivity contribution in [1.82, 2.24) is 25.5 Å². The maximum Gasteiger partial charge on any atom is 0.387 e. The third-order valence-electron chi connectivity index (χ3n) is 10.3. The van der Waals surface area contributed by atoms with Crippen LogP contribution in [0.15, 0.2) is 60.4 Å². The molecule has 1 saturated heterocycles. The van der Waals surface area contributed by atoms with E-state index in [1.807, 2.05) is 52.0 Å². The molecule has 3 unspecified atom stereocenters. The number of β-amino-alcohol motifs (C(OH)–C–C–N with tert-alkyl or cyclic N) is 1. The van der Waals surface area contributed by atoms with Crippen LogP contribution in [0, 0.1) is 12.3 Å². The van der Waals surface area contributed by atoms with Gasteiger partial charge in [0.1, 0.15) is 12.1 Å². The number of alkyl halides is 2. The summed E-state index contributed by atoms with van der Waals surface area (Å²) in [5.41, 5.74) is 4.26. The predicted molar refractivity (Wildman–Crippen MR) is 235 cm³/mol. The summed E-state index contributed by atoms with van der Waals surface area (Å²) in [6.07, 6.45) is 6.39. The van der Waals surface area contributed by atoms with Gasteiger partial charge in [-0.2, -0.15) is 8.78 Å². The fraction of sp³-hybridized carbons (Fsp3) is 0.455. The molecule has 5 rings (SSSR count). The SMILES string of the molecule is Cc1ncsc1-c1ccc(CNC(=O)C2CC(O)CN2C(=O)C(NC(=O)CCCCCCCCOc2cc(C(=O)Nc3c(Cl)cncc3Cl)ccc2OC(F)F)C(C)(C)C)cc1. The average molecular weight is 918 g/mol. The van der Waals surface area contributed by atoms with Crippen LogP contribution in [0.25, 0.3) is 10.4 Å². The molecule has 0 aliphatic carbocycles. The number of aliphatic hydroxyl groups excluding tert-OH is 1. The second kappa shape index (κ2) is 22.5. The molecule has 0 spiro atoms. The second-order valence-electron chi connectivity index (χ2n) is 16.1. The van der Waals surface area contributed by atoms with Crippen molar-refractivity contribution < 1.29 is 42.5 Å². The van der Waals surface area contributed by atoms with Crippen LogP contribution in [0.5, 0.6) is 11.5 Å². The Morgan fingerprint density at radius 1 is 0.968 bits per heavy atom. The van der Waals surface area contributed by atoms with Gasteiger partial charge in [-0.1, -0.05) is 93.9 Å². The minimum absolute atomic E-state index is 0.0140. The van der Waals surface area contributed by atoms with Gasteiger partial charge in [0.25, 0.3) is 5.91 Å². The van der Waals surface area contributed by atoms with E-state index >= 15 is 0 Å². The minimum Gasteiger partial charge on any atom is -0.490 e. The van der Waals surface area contributed by atoms with Crippen molar-refractivity contribution >= 4 is 63.9 Å². The third kappa shape index (κ3) is 13.5. The van der Waals surface area contributed by atoms with Gasteiger partial charge in [-0.15, -0.1) is 11.3 Å². The molecule has 1 fully saturated rings. The van der Waals surface area contributed by atoms with Crippen LogP contribution in [-0.4, -0.2) is 81.6 Å². The minimum atomic E-state index is -3.10. The lowest BCUT2D eigenvalue weighted by Crippen LogP contribution is -2.57. The van der Waals surface area contributed by atoms with Gasteiger partial charge in [-0.05, 0) is 54.5 Å². The lowest BCUT2D eigenvalue weighted by atomic mass is 9.85. The highest BCUT2D eigenvalue weighted by molar-refractivity contribution is 7.13. The normalized spacial score (nSPS) is 15.6. The van der Waals surface area contributed by atoms with Crippen LogP contribution in [-0.2, 0) is 20.9 Å². The molecular weight excluding hydrogens is 865 g/mol. The number of hydrogen-bond donors (Lipinski definition) is 4. The fourth-order valence-corrected chi connectivity index (χ4v) is 8.23. The van der Waals surface area contributed by atoms with Crippen molar-refractivity contribution in [2.24, 2.45) is 5.41 Å². The number of carbonyl (C=O) groups excluding carboxylic acids is 4. The number of carbonyl (C=O) groups is 4. The highest BCUT2D eigenvalue weighted by atomic mass is 35.5. The summed E-state index contributed by atoms with van der Waals surface area (Å²) in [5.74, 6) is -1.92. The van der Waals surface area contributed by atoms with Crippen LogP contribution < -0.4 is 25.4 Å². The number of amides is 4. The van der Waals surface area contributed by atoms with Gasteiger partial charge in [0.05, 0.1) is 44.5 Å². The van der Waals surface area contributed by atoms with E-state index in [1.165, 1.54) is 35.5 Å². The monoisotopic (exact) mass is 916 g/mol. The molecule has 1 aliphatic heterocycles. The van der Waals surface area contributed by atoms with E-state index in [0.717, 1.165) is 47.4 Å². The second-order valence-corrected chi connectivity index (χ2v) is 17.8. The van der Waals surface area contributed by atoms with Gasteiger partial charge >= 0.3 is 6.61 Å². The van der Waals surface area contributed by atoms with Crippen molar-refractivity contribution in [1.29, 1.82) is 0 Å². The number of thiazole rings is 1. The average Bonchev–Trinajstić information content (AvgIpc) is 3.84. The highest BCUT2D eigenvalue weighted by Gasteiger charge is 2.44. The van der Waals surface area contributed by atoms with Crippen molar-refractivity contribution in [3.63, 3.8) is 0 Å². The maximum absolute atomic E-state index is 14.0. The molecule has 62 heavy (non-hydrogen) atoms. The zero-order valence-electron chi connectivity index (χ0n) is 35.0. The van der Waals surface area contributed by atoms with Gasteiger partial charge in [0, 0.05) is 43.9 Å². The maximum atomic E-state index is 14.0. The number of anilines is 1. The number of aryl methyl sites for hydroxylation is 1. The third-order valence-corrected chi connectivity index (χ3v) is 11.8. The van der Waals surface area contributed by atoms with Crippen LogP contribution in [0.2, 0.25) is 10.0 Å². The van der Waals surface area contributed by atoms with Gasteiger partial charge in [0.15, 0.2) is 11.5 Å². The Bertz CT molecular complexity index is 2150. The predicted octanol–water partition coefficient (Wildman–Crippen LogP) is 8.59. The summed E-state index contributed by atoms with van der Waals surface area (Å²) in [6.45, 7) is 4.80. The molecule has 4 aromatic rings. The van der Waals surface area contributed by atoms with Crippen molar-refractivity contribution in [2.75, 3.05) is 18.5 Å². The smallest absolute Gasteiger partial charge is 0.387 e. The first-order valence-electron chi connectivity index (χ1n) is 20.4. The fourth-order valence-electron chi connectivity index (χ4n) is 6.96. The number of unbranched alkanes of at least 4 members (excludes halogenated alkanes) is 5. The van der Waals surface area contributed by atoms with Crippen LogP contribution in [0.4, 0.5) is 14.5 Å². The van der Waals surface area contributed by atoms with Gasteiger partial charge in [0.2, 0.25) is 17.7 Å². The molecule has 4 N–H and O–H groups in total. The Balaban J connectivity index is 1.03. The topological polar surface area (TPSA) is 172 Å². The first-order valence-corrected chi connectivity index (χ1v) is 22.0. The quantitative estimate of drug-likeness (QED) is 0.0634. The first kappa shape index (κ1) is 48.1. The molecular formula is C44H52Cl2F2N6O7S. The van der Waals surface area contributed by atoms with E-state index in [0.29, 0.717) is 12.8 Å². The molecule has 0 saturated carbocycles. The van der Waals surface area contributed by atoms with Crippen LogP contribution in [0.1, 0.15) is 93.8 Å². The molecule has 1 aliphatic rings. The number of pyridine rings is 1. The van der Waals surface area contributed by atoms with Crippen molar-refractivity contribution in [3.05, 3.63) is 87.2 Å². The van der Waals surface area contributed by atoms with Crippen molar-refractivity contribution in [2.45, 2.75) is 110 Å². The Hall–Kier alpha value is -4.90. The summed E-state index contributed by atoms with van der Waals surface area (Å²) in [7, 11) is 0. The number of aromatic nitrogens is 2. The first-order chi connectivity index (χ1) is 29.5. The number of nitrogens with zero attached hydrogens (tertiary/aromatic N) is 3. The molecule has 3 atom stereocenters. The summed E-state index contributed by atoms with van der Waals surface area (Å²) in [5, 5.41) is 19.2. The lowest BCUT2D eigenvalue weighted by Gasteiger charge is -2.35. The molecule has 13 nitrogen and oxygen atoms in total. The van der Waals surface area contributed by atoms with Crippen LogP contribution >= 0.6 is 34.5 Å². The molecule has 334 valence electrons. The number of ether oxygens (including phenoxy) is 2. The molecule has 0 bridgehead atoms. The number of likely N-dealkylation sites (tertiary alicyclic amines) is 1. The van der Waals surface area contributed by atoms with E-state index in [-0.39, 0.29) is 77.1 Å². The van der Waals surface area contributed by atoms with E-state index in [1.54, 1.807) is 16.8 Å². The Morgan fingerprint density at radius 2 is 1.65 bits per heavy atom.